The third kappa shape index (κ3) is 4.94. The Morgan fingerprint density at radius 2 is 1.86 bits per heavy atom. The number of morpholine rings is 1. The number of methoxy groups -OCH3 is 1. The van der Waals surface area contributed by atoms with Crippen LogP contribution in [0, 0.1) is 11.5 Å². The predicted octanol–water partition coefficient (Wildman–Crippen LogP) is 2.20. The quantitative estimate of drug-likeness (QED) is 0.346. The summed E-state index contributed by atoms with van der Waals surface area (Å²) in [4.78, 5) is 20.5. The molecule has 2 fully saturated rings. The lowest BCUT2D eigenvalue weighted by Crippen LogP contribution is -2.60. The monoisotopic (exact) mass is 508 g/mol. The van der Waals surface area contributed by atoms with E-state index in [0.717, 1.165) is 22.8 Å². The number of carbonyl (C=O) groups excluding carboxylic acids is 1. The largest absolute Gasteiger partial charge is 0.497 e. The van der Waals surface area contributed by atoms with Crippen LogP contribution in [0.5, 0.6) is 11.5 Å². The van der Waals surface area contributed by atoms with E-state index in [9.17, 15) is 10.1 Å². The van der Waals surface area contributed by atoms with Crippen LogP contribution in [0.4, 0.5) is 0 Å². The van der Waals surface area contributed by atoms with Crippen molar-refractivity contribution in [3.8, 4) is 17.7 Å². The van der Waals surface area contributed by atoms with Crippen LogP contribution < -0.4 is 9.47 Å². The Morgan fingerprint density at radius 1 is 1.14 bits per heavy atom. The molecule has 1 unspecified atom stereocenters. The minimum absolute atomic E-state index is 0.0417. The summed E-state index contributed by atoms with van der Waals surface area (Å²) < 4.78 is 16.5. The van der Waals surface area contributed by atoms with Crippen molar-refractivity contribution in [1.82, 2.24) is 14.8 Å². The minimum Gasteiger partial charge on any atom is -0.497 e. The number of likely N-dealkylation sites (tertiary alicyclic amines) is 1. The van der Waals surface area contributed by atoms with Gasteiger partial charge in [0.15, 0.2) is 0 Å². The van der Waals surface area contributed by atoms with Crippen molar-refractivity contribution in [1.29, 1.82) is 5.26 Å². The van der Waals surface area contributed by atoms with Crippen molar-refractivity contribution in [2.45, 2.75) is 12.1 Å². The molecule has 0 aliphatic carbocycles. The molecule has 3 heterocycles. The summed E-state index contributed by atoms with van der Waals surface area (Å²) in [5.74, 6) is 1.85. The van der Waals surface area contributed by atoms with Gasteiger partial charge < -0.3 is 24.0 Å². The Morgan fingerprint density at radius 3 is 2.53 bits per heavy atom. The molecular formula is C25H25ClN6O4. The maximum atomic E-state index is 12.7. The highest BCUT2D eigenvalue weighted by Crippen LogP contribution is 2.26. The SMILES string of the molecule is COc1ccc(OC2CN(C(=NC#N)N3CC(N4CCOCC4=O)C(c4ccc(Cl)cc4)=N3)C2)cc1. The molecule has 0 N–H and O–H groups in total. The summed E-state index contributed by atoms with van der Waals surface area (Å²) in [6, 6.07) is 14.5. The molecule has 0 saturated carbocycles. The van der Waals surface area contributed by atoms with E-state index < -0.39 is 0 Å². The lowest BCUT2D eigenvalue weighted by atomic mass is 10.0. The van der Waals surface area contributed by atoms with Crippen LogP contribution in [-0.2, 0) is 9.53 Å². The molecule has 3 aliphatic heterocycles. The molecule has 2 saturated heterocycles. The van der Waals surface area contributed by atoms with Crippen molar-refractivity contribution in [2.75, 3.05) is 46.5 Å². The van der Waals surface area contributed by atoms with E-state index in [1.54, 1.807) is 29.2 Å². The Bertz CT molecular complexity index is 1200. The number of nitrogens with zero attached hydrogens (tertiary/aromatic N) is 6. The number of amides is 1. The lowest BCUT2D eigenvalue weighted by molar-refractivity contribution is -0.143. The Balaban J connectivity index is 1.33. The van der Waals surface area contributed by atoms with Gasteiger partial charge in [0.2, 0.25) is 18.1 Å². The first-order valence-corrected chi connectivity index (χ1v) is 11.9. The van der Waals surface area contributed by atoms with Gasteiger partial charge in [0.25, 0.3) is 0 Å². The fourth-order valence-electron chi connectivity index (χ4n) is 4.45. The van der Waals surface area contributed by atoms with Crippen LogP contribution in [0.3, 0.4) is 0 Å². The summed E-state index contributed by atoms with van der Waals surface area (Å²) in [5.41, 5.74) is 1.57. The Kier molecular flexibility index (Phi) is 6.93. The molecule has 36 heavy (non-hydrogen) atoms. The Labute approximate surface area is 213 Å². The van der Waals surface area contributed by atoms with E-state index in [1.165, 1.54) is 0 Å². The third-order valence-corrected chi connectivity index (χ3v) is 6.55. The highest BCUT2D eigenvalue weighted by atomic mass is 35.5. The van der Waals surface area contributed by atoms with Crippen LogP contribution in [0.2, 0.25) is 5.02 Å². The van der Waals surface area contributed by atoms with Gasteiger partial charge >= 0.3 is 0 Å². The van der Waals surface area contributed by atoms with E-state index in [1.807, 2.05) is 47.5 Å². The van der Waals surface area contributed by atoms with Crippen molar-refractivity contribution >= 4 is 29.2 Å². The van der Waals surface area contributed by atoms with Gasteiger partial charge in [-0.2, -0.15) is 10.4 Å². The average molecular weight is 509 g/mol. The van der Waals surface area contributed by atoms with E-state index >= 15 is 0 Å². The summed E-state index contributed by atoms with van der Waals surface area (Å²) >= 11 is 6.09. The van der Waals surface area contributed by atoms with Gasteiger partial charge in [-0.05, 0) is 36.4 Å². The molecular weight excluding hydrogens is 484 g/mol. The van der Waals surface area contributed by atoms with Gasteiger partial charge in [-0.1, -0.05) is 23.7 Å². The van der Waals surface area contributed by atoms with Crippen molar-refractivity contribution in [3.05, 3.63) is 59.1 Å². The Hall–Kier alpha value is -3.81. The second-order valence-electron chi connectivity index (χ2n) is 8.56. The number of halogens is 1. The number of carbonyl (C=O) groups is 1. The predicted molar refractivity (Wildman–Crippen MR) is 133 cm³/mol. The van der Waals surface area contributed by atoms with Gasteiger partial charge in [0.05, 0.1) is 45.1 Å². The number of nitriles is 1. The zero-order chi connectivity index (χ0) is 25.1. The second kappa shape index (κ2) is 10.4. The molecule has 0 bridgehead atoms. The zero-order valence-corrected chi connectivity index (χ0v) is 20.5. The van der Waals surface area contributed by atoms with Gasteiger partial charge in [0.1, 0.15) is 24.2 Å². The average Bonchev–Trinajstić information content (AvgIpc) is 3.31. The molecule has 186 valence electrons. The van der Waals surface area contributed by atoms with Crippen LogP contribution in [0.25, 0.3) is 0 Å². The number of benzene rings is 2. The fourth-order valence-corrected chi connectivity index (χ4v) is 4.58. The fraction of sp³-hybridized carbons (Fsp3) is 0.360. The molecule has 2 aromatic rings. The topological polar surface area (TPSA) is 103 Å². The number of hydrazone groups is 1. The molecule has 2 aromatic carbocycles. The standard InChI is InChI=1S/C25H25ClN6O4/c1-34-19-6-8-20(9-7-19)36-21-12-30(13-21)25(28-16-27)32-14-22(31-10-11-35-15-23(31)33)24(29-32)17-2-4-18(26)5-3-17/h2-9,21-22H,10-15H2,1H3. The molecule has 3 aliphatic rings. The van der Waals surface area contributed by atoms with Crippen molar-refractivity contribution in [2.24, 2.45) is 10.1 Å². The van der Waals surface area contributed by atoms with Crippen LogP contribution in [-0.4, -0.2) is 91.0 Å². The molecule has 10 nitrogen and oxygen atoms in total. The second-order valence-corrected chi connectivity index (χ2v) is 9.00. The number of hydrogen-bond donors (Lipinski definition) is 0. The maximum absolute atomic E-state index is 12.7. The lowest BCUT2D eigenvalue weighted by Gasteiger charge is -2.42. The van der Waals surface area contributed by atoms with Crippen molar-refractivity contribution < 1.29 is 19.0 Å². The summed E-state index contributed by atoms with van der Waals surface area (Å²) in [6.07, 6.45) is 1.84. The molecule has 1 amide bonds. The highest BCUT2D eigenvalue weighted by Gasteiger charge is 2.41. The van der Waals surface area contributed by atoms with Gasteiger partial charge in [-0.15, -0.1) is 4.99 Å². The van der Waals surface area contributed by atoms with Gasteiger partial charge in [-0.25, -0.2) is 5.01 Å². The van der Waals surface area contributed by atoms with Crippen LogP contribution >= 0.6 is 11.6 Å². The number of hydrogen-bond acceptors (Lipinski definition) is 7. The third-order valence-electron chi connectivity index (χ3n) is 6.30. The summed E-state index contributed by atoms with van der Waals surface area (Å²) in [7, 11) is 1.62. The smallest absolute Gasteiger partial charge is 0.249 e. The molecule has 11 heteroatoms. The summed E-state index contributed by atoms with van der Waals surface area (Å²) in [6.45, 7) is 2.46. The molecule has 0 radical (unpaired) electrons. The number of ether oxygens (including phenoxy) is 3. The first-order chi connectivity index (χ1) is 17.6. The van der Waals surface area contributed by atoms with Gasteiger partial charge in [-0.3, -0.25) is 4.79 Å². The van der Waals surface area contributed by atoms with E-state index in [2.05, 4.69) is 4.99 Å². The van der Waals surface area contributed by atoms with Gasteiger partial charge in [0, 0.05) is 17.1 Å². The molecule has 0 spiro atoms. The van der Waals surface area contributed by atoms with Crippen LogP contribution in [0.15, 0.2) is 58.6 Å². The highest BCUT2D eigenvalue weighted by molar-refractivity contribution is 6.30. The maximum Gasteiger partial charge on any atom is 0.249 e. The number of aliphatic imine (C=N–C) groups is 1. The molecule has 5 rings (SSSR count). The molecule has 1 atom stereocenters. The van der Waals surface area contributed by atoms with E-state index in [4.69, 9.17) is 30.9 Å². The molecule has 0 aromatic heterocycles. The minimum atomic E-state index is -0.306. The first-order valence-electron chi connectivity index (χ1n) is 11.6. The van der Waals surface area contributed by atoms with Crippen LogP contribution in [0.1, 0.15) is 5.56 Å². The normalized spacial score (nSPS) is 20.6. The number of guanidine groups is 1. The number of rotatable bonds is 5. The first kappa shape index (κ1) is 23.9. The zero-order valence-electron chi connectivity index (χ0n) is 19.7. The summed E-state index contributed by atoms with van der Waals surface area (Å²) in [5, 5.41) is 16.5. The van der Waals surface area contributed by atoms with E-state index in [0.29, 0.717) is 43.8 Å². The van der Waals surface area contributed by atoms with Crippen molar-refractivity contribution in [3.63, 3.8) is 0 Å². The van der Waals surface area contributed by atoms with E-state index in [-0.39, 0.29) is 24.7 Å².